The molecule has 3 nitrogen and oxygen atoms in total. The molecule has 18 heavy (non-hydrogen) atoms. The molecule has 0 spiro atoms. The minimum absolute atomic E-state index is 0.138. The maximum Gasteiger partial charge on any atom is 0.154 e. The van der Waals surface area contributed by atoms with E-state index in [9.17, 15) is 8.42 Å². The van der Waals surface area contributed by atoms with Crippen LogP contribution < -0.4 is 5.73 Å². The highest BCUT2D eigenvalue weighted by atomic mass is 32.2. The predicted molar refractivity (Wildman–Crippen MR) is 77.4 cm³/mol. The Hall–Kier alpha value is -0.0900. The Labute approximate surface area is 112 Å². The van der Waals surface area contributed by atoms with Crippen molar-refractivity contribution >= 4 is 9.84 Å². The molecule has 1 saturated heterocycles. The highest BCUT2D eigenvalue weighted by Gasteiger charge is 2.33. The predicted octanol–water partition coefficient (Wildman–Crippen LogP) is 3.03. The molecule has 108 valence electrons. The number of rotatable bonds is 8. The zero-order valence-corrected chi connectivity index (χ0v) is 12.6. The van der Waals surface area contributed by atoms with Gasteiger partial charge in [0.1, 0.15) is 0 Å². The summed E-state index contributed by atoms with van der Waals surface area (Å²) in [5, 5.41) is -0.262. The van der Waals surface area contributed by atoms with Crippen LogP contribution in [0, 0.1) is 0 Å². The van der Waals surface area contributed by atoms with Gasteiger partial charge in [-0.1, -0.05) is 51.9 Å². The first-order chi connectivity index (χ1) is 8.58. The van der Waals surface area contributed by atoms with E-state index in [1.807, 2.05) is 0 Å². The van der Waals surface area contributed by atoms with Crippen molar-refractivity contribution in [3.8, 4) is 0 Å². The quantitative estimate of drug-likeness (QED) is 0.693. The first kappa shape index (κ1) is 16.0. The average Bonchev–Trinajstić information content (AvgIpc) is 2.32. The molecule has 2 unspecified atom stereocenters. The summed E-state index contributed by atoms with van der Waals surface area (Å²) in [6, 6.07) is -0.138. The van der Waals surface area contributed by atoms with Crippen LogP contribution >= 0.6 is 0 Å². The van der Waals surface area contributed by atoms with Crippen molar-refractivity contribution in [2.75, 3.05) is 5.75 Å². The van der Waals surface area contributed by atoms with Crippen LogP contribution in [-0.2, 0) is 9.84 Å². The largest absolute Gasteiger partial charge is 0.327 e. The topological polar surface area (TPSA) is 60.2 Å². The molecule has 0 aromatic heterocycles. The zero-order valence-electron chi connectivity index (χ0n) is 11.7. The summed E-state index contributed by atoms with van der Waals surface area (Å²) >= 11 is 0. The van der Waals surface area contributed by atoms with Crippen molar-refractivity contribution in [2.24, 2.45) is 5.73 Å². The van der Waals surface area contributed by atoms with Gasteiger partial charge in [0.05, 0.1) is 11.0 Å². The monoisotopic (exact) mass is 275 g/mol. The molecule has 1 aliphatic rings. The molecule has 0 aromatic rings. The number of hydrogen-bond donors (Lipinski definition) is 1. The molecule has 1 heterocycles. The number of unbranched alkanes of at least 4 members (excludes halogenated alkanes) is 5. The van der Waals surface area contributed by atoms with E-state index in [-0.39, 0.29) is 11.3 Å². The van der Waals surface area contributed by atoms with Gasteiger partial charge >= 0.3 is 0 Å². The Morgan fingerprint density at radius 2 is 1.78 bits per heavy atom. The summed E-state index contributed by atoms with van der Waals surface area (Å²) in [5.74, 6) is 0.349. The molecule has 2 atom stereocenters. The average molecular weight is 275 g/mol. The third-order valence-corrected chi connectivity index (χ3v) is 6.36. The van der Waals surface area contributed by atoms with Crippen molar-refractivity contribution in [1.29, 1.82) is 0 Å². The van der Waals surface area contributed by atoms with Gasteiger partial charge in [-0.15, -0.1) is 0 Å². The third kappa shape index (κ3) is 5.27. The van der Waals surface area contributed by atoms with E-state index in [1.165, 1.54) is 32.1 Å². The van der Waals surface area contributed by atoms with E-state index in [0.29, 0.717) is 5.75 Å². The standard InChI is InChI=1S/C14H29NO2S/c1-2-3-4-5-6-7-10-13(15)14-11-8-9-12-18(14,16)17/h13-14H,2-12,15H2,1H3. The van der Waals surface area contributed by atoms with E-state index < -0.39 is 9.84 Å². The Morgan fingerprint density at radius 3 is 2.44 bits per heavy atom. The molecule has 1 fully saturated rings. The molecule has 0 saturated carbocycles. The summed E-state index contributed by atoms with van der Waals surface area (Å²) in [4.78, 5) is 0. The van der Waals surface area contributed by atoms with Crippen molar-refractivity contribution in [1.82, 2.24) is 0 Å². The second-order valence-corrected chi connectivity index (χ2v) is 7.96. The van der Waals surface area contributed by atoms with Crippen LogP contribution in [0.4, 0.5) is 0 Å². The van der Waals surface area contributed by atoms with Crippen LogP contribution in [0.5, 0.6) is 0 Å². The lowest BCUT2D eigenvalue weighted by atomic mass is 10.0. The minimum Gasteiger partial charge on any atom is -0.327 e. The summed E-state index contributed by atoms with van der Waals surface area (Å²) in [6.07, 6.45) is 10.9. The van der Waals surface area contributed by atoms with E-state index in [4.69, 9.17) is 5.73 Å². The SMILES string of the molecule is CCCCCCCCC(N)C1CCCCS1(=O)=O. The van der Waals surface area contributed by atoms with Gasteiger partial charge in [0, 0.05) is 6.04 Å². The van der Waals surface area contributed by atoms with Crippen molar-refractivity contribution < 1.29 is 8.42 Å². The van der Waals surface area contributed by atoms with Gasteiger partial charge in [-0.05, 0) is 19.3 Å². The molecule has 1 rings (SSSR count). The van der Waals surface area contributed by atoms with Crippen LogP contribution in [0.3, 0.4) is 0 Å². The Bertz CT molecular complexity index is 314. The number of hydrogen-bond acceptors (Lipinski definition) is 3. The van der Waals surface area contributed by atoms with E-state index in [0.717, 1.165) is 32.1 Å². The molecule has 4 heteroatoms. The number of nitrogens with two attached hydrogens (primary N) is 1. The van der Waals surface area contributed by atoms with E-state index >= 15 is 0 Å². The summed E-state index contributed by atoms with van der Waals surface area (Å²) in [7, 11) is -2.90. The second kappa shape index (κ2) is 8.16. The fourth-order valence-electron chi connectivity index (χ4n) is 2.81. The molecule has 0 aliphatic carbocycles. The first-order valence-electron chi connectivity index (χ1n) is 7.55. The molecule has 1 aliphatic heterocycles. The lowest BCUT2D eigenvalue weighted by Gasteiger charge is -2.27. The normalized spacial score (nSPS) is 24.9. The smallest absolute Gasteiger partial charge is 0.154 e. The third-order valence-electron chi connectivity index (χ3n) is 4.00. The van der Waals surface area contributed by atoms with Crippen molar-refractivity contribution in [2.45, 2.75) is 82.4 Å². The molecule has 0 radical (unpaired) electrons. The molecule has 0 bridgehead atoms. The number of sulfone groups is 1. The minimum atomic E-state index is -2.90. The van der Waals surface area contributed by atoms with Crippen molar-refractivity contribution in [3.05, 3.63) is 0 Å². The van der Waals surface area contributed by atoms with Crippen molar-refractivity contribution in [3.63, 3.8) is 0 Å². The highest BCUT2D eigenvalue weighted by molar-refractivity contribution is 7.92. The van der Waals surface area contributed by atoms with Crippen LogP contribution in [0.1, 0.15) is 71.1 Å². The first-order valence-corrected chi connectivity index (χ1v) is 9.26. The zero-order chi connectivity index (χ0) is 13.4. The van der Waals surface area contributed by atoms with Crippen LogP contribution in [-0.4, -0.2) is 25.5 Å². The molecule has 2 N–H and O–H groups in total. The van der Waals surface area contributed by atoms with Crippen LogP contribution in [0.2, 0.25) is 0 Å². The Morgan fingerprint density at radius 1 is 1.11 bits per heavy atom. The van der Waals surface area contributed by atoms with Gasteiger partial charge in [-0.3, -0.25) is 0 Å². The molecular formula is C14H29NO2S. The Balaban J connectivity index is 2.21. The van der Waals surface area contributed by atoms with Gasteiger partial charge in [0.25, 0.3) is 0 Å². The summed E-state index contributed by atoms with van der Waals surface area (Å²) < 4.78 is 23.8. The molecular weight excluding hydrogens is 246 g/mol. The molecule has 0 amide bonds. The van der Waals surface area contributed by atoms with Gasteiger partial charge in [0.2, 0.25) is 0 Å². The maximum absolute atomic E-state index is 11.9. The fourth-order valence-corrected chi connectivity index (χ4v) is 4.91. The van der Waals surface area contributed by atoms with E-state index in [1.54, 1.807) is 0 Å². The summed E-state index contributed by atoms with van der Waals surface area (Å²) in [5.41, 5.74) is 6.09. The fraction of sp³-hybridized carbons (Fsp3) is 1.00. The van der Waals surface area contributed by atoms with Crippen LogP contribution in [0.25, 0.3) is 0 Å². The molecule has 0 aromatic carbocycles. The van der Waals surface area contributed by atoms with Gasteiger partial charge in [-0.2, -0.15) is 0 Å². The summed E-state index contributed by atoms with van der Waals surface area (Å²) in [6.45, 7) is 2.21. The van der Waals surface area contributed by atoms with E-state index in [2.05, 4.69) is 6.92 Å². The van der Waals surface area contributed by atoms with Gasteiger partial charge in [-0.25, -0.2) is 8.42 Å². The lowest BCUT2D eigenvalue weighted by Crippen LogP contribution is -2.43. The second-order valence-electron chi connectivity index (χ2n) is 5.62. The Kier molecular flexibility index (Phi) is 7.23. The van der Waals surface area contributed by atoms with Crippen LogP contribution in [0.15, 0.2) is 0 Å². The van der Waals surface area contributed by atoms with Gasteiger partial charge < -0.3 is 5.73 Å². The maximum atomic E-state index is 11.9. The van der Waals surface area contributed by atoms with Gasteiger partial charge in [0.15, 0.2) is 9.84 Å². The lowest BCUT2D eigenvalue weighted by molar-refractivity contribution is 0.463. The highest BCUT2D eigenvalue weighted by Crippen LogP contribution is 2.23.